The number of aromatic nitrogens is 2. The van der Waals surface area contributed by atoms with Crippen LogP contribution in [0.5, 0.6) is 0 Å². The fraction of sp³-hybridized carbons (Fsp3) is 0.0256. The molecule has 10 heteroatoms. The average Bonchev–Trinajstić information content (AvgIpc) is 3.77. The summed E-state index contributed by atoms with van der Waals surface area (Å²) in [7, 11) is 0. The topological polar surface area (TPSA) is 133 Å². The Balaban J connectivity index is 0.000000171. The minimum absolute atomic E-state index is 0.00937. The Hall–Kier alpha value is -6.81. The van der Waals surface area contributed by atoms with Crippen molar-refractivity contribution in [3.05, 3.63) is 173 Å². The lowest BCUT2D eigenvalue weighted by Crippen LogP contribution is -2.13. The fourth-order valence-corrected chi connectivity index (χ4v) is 5.41. The zero-order valence-electron chi connectivity index (χ0n) is 25.9. The summed E-state index contributed by atoms with van der Waals surface area (Å²) in [5.41, 5.74) is 13.7. The van der Waals surface area contributed by atoms with Crippen LogP contribution < -0.4 is 11.1 Å². The Morgan fingerprint density at radius 2 is 1.14 bits per heavy atom. The third kappa shape index (κ3) is 6.70. The van der Waals surface area contributed by atoms with Crippen LogP contribution in [0.1, 0.15) is 17.2 Å². The number of nitro groups is 1. The van der Waals surface area contributed by atoms with Crippen molar-refractivity contribution in [1.29, 1.82) is 0 Å². The number of oxazole rings is 2. The van der Waals surface area contributed by atoms with Crippen molar-refractivity contribution in [2.75, 3.05) is 11.1 Å². The van der Waals surface area contributed by atoms with E-state index in [1.54, 1.807) is 18.2 Å². The maximum Gasteiger partial charge on any atom is 0.305 e. The summed E-state index contributed by atoms with van der Waals surface area (Å²) in [5.74, 6) is -0.0914. The number of fused-ring (bicyclic) bond motifs is 2. The highest BCUT2D eigenvalue weighted by atomic mass is 19.1. The van der Waals surface area contributed by atoms with E-state index in [-0.39, 0.29) is 11.9 Å². The first-order valence-electron chi connectivity index (χ1n) is 15.3. The van der Waals surface area contributed by atoms with Crippen LogP contribution in [0, 0.1) is 15.9 Å². The highest BCUT2D eigenvalue weighted by Crippen LogP contribution is 2.33. The SMILES string of the molecule is Nc1cc(-c2nc3ccccc3o2)ccc1NC(c1ccccc1)c1ccccc1.O=[N+]([O-])c1cc(-c2nc3ccccc3o2)ccc1F. The van der Waals surface area contributed by atoms with Crippen LogP contribution in [0.25, 0.3) is 45.1 Å². The second-order valence-electron chi connectivity index (χ2n) is 11.1. The summed E-state index contributed by atoms with van der Waals surface area (Å²) in [6.07, 6.45) is 0. The maximum atomic E-state index is 13.2. The van der Waals surface area contributed by atoms with Crippen molar-refractivity contribution in [2.24, 2.45) is 0 Å². The van der Waals surface area contributed by atoms with Gasteiger partial charge in [-0.3, -0.25) is 10.1 Å². The van der Waals surface area contributed by atoms with Crippen molar-refractivity contribution >= 4 is 39.3 Å². The molecule has 0 aliphatic carbocycles. The molecular formula is C39H28FN5O4. The van der Waals surface area contributed by atoms with Gasteiger partial charge in [0.25, 0.3) is 0 Å². The Morgan fingerprint density at radius 1 is 0.653 bits per heavy atom. The maximum absolute atomic E-state index is 13.2. The molecule has 8 rings (SSSR count). The first kappa shape index (κ1) is 30.8. The van der Waals surface area contributed by atoms with E-state index in [1.165, 1.54) is 17.2 Å². The number of nitrogens with zero attached hydrogens (tertiary/aromatic N) is 3. The van der Waals surface area contributed by atoms with Crippen LogP contribution in [-0.4, -0.2) is 14.9 Å². The van der Waals surface area contributed by atoms with E-state index in [4.69, 9.17) is 14.6 Å². The molecule has 0 spiro atoms. The number of benzene rings is 6. The van der Waals surface area contributed by atoms with E-state index in [0.717, 1.165) is 34.5 Å². The van der Waals surface area contributed by atoms with Crippen LogP contribution in [0.3, 0.4) is 0 Å². The predicted molar refractivity (Wildman–Crippen MR) is 188 cm³/mol. The summed E-state index contributed by atoms with van der Waals surface area (Å²) in [5, 5.41) is 14.3. The van der Waals surface area contributed by atoms with E-state index >= 15 is 0 Å². The van der Waals surface area contributed by atoms with Gasteiger partial charge in [-0.05, 0) is 65.7 Å². The van der Waals surface area contributed by atoms with Crippen molar-refractivity contribution in [2.45, 2.75) is 6.04 Å². The van der Waals surface area contributed by atoms with Crippen LogP contribution in [-0.2, 0) is 0 Å². The molecule has 0 saturated carbocycles. The summed E-state index contributed by atoms with van der Waals surface area (Å²) in [6.45, 7) is 0. The quantitative estimate of drug-likeness (QED) is 0.0990. The molecule has 0 atom stereocenters. The molecule has 49 heavy (non-hydrogen) atoms. The van der Waals surface area contributed by atoms with Crippen LogP contribution in [0.15, 0.2) is 154 Å². The zero-order chi connectivity index (χ0) is 33.7. The van der Waals surface area contributed by atoms with Gasteiger partial charge in [0.15, 0.2) is 11.2 Å². The molecule has 0 unspecified atom stereocenters. The molecule has 6 aromatic carbocycles. The molecule has 2 heterocycles. The van der Waals surface area contributed by atoms with Crippen molar-refractivity contribution in [3.63, 3.8) is 0 Å². The van der Waals surface area contributed by atoms with Gasteiger partial charge in [0.2, 0.25) is 17.6 Å². The summed E-state index contributed by atoms with van der Waals surface area (Å²) in [4.78, 5) is 18.7. The number of nitrogens with one attached hydrogen (secondary N) is 1. The molecule has 0 bridgehead atoms. The van der Waals surface area contributed by atoms with E-state index < -0.39 is 16.4 Å². The number of hydrogen-bond donors (Lipinski definition) is 2. The zero-order valence-corrected chi connectivity index (χ0v) is 25.9. The van der Waals surface area contributed by atoms with Gasteiger partial charge in [0, 0.05) is 17.2 Å². The smallest absolute Gasteiger partial charge is 0.305 e. The minimum atomic E-state index is -0.884. The normalized spacial score (nSPS) is 11.0. The van der Waals surface area contributed by atoms with E-state index in [0.29, 0.717) is 28.2 Å². The number of nitrogen functional groups attached to an aromatic ring is 1. The molecule has 0 fully saturated rings. The number of nitrogens with two attached hydrogens (primary N) is 1. The largest absolute Gasteiger partial charge is 0.436 e. The number of para-hydroxylation sites is 4. The molecule has 9 nitrogen and oxygen atoms in total. The molecule has 2 aromatic heterocycles. The Morgan fingerprint density at radius 3 is 1.65 bits per heavy atom. The molecule has 240 valence electrons. The van der Waals surface area contributed by atoms with E-state index in [9.17, 15) is 14.5 Å². The van der Waals surface area contributed by atoms with Crippen molar-refractivity contribution in [1.82, 2.24) is 9.97 Å². The van der Waals surface area contributed by atoms with E-state index in [1.807, 2.05) is 84.9 Å². The van der Waals surface area contributed by atoms with Crippen LogP contribution in [0.2, 0.25) is 0 Å². The third-order valence-corrected chi connectivity index (χ3v) is 7.84. The Labute approximate surface area is 279 Å². The molecule has 0 aliphatic rings. The fourth-order valence-electron chi connectivity index (χ4n) is 5.41. The predicted octanol–water partition coefficient (Wildman–Crippen LogP) is 9.82. The number of nitro benzene ring substituents is 1. The van der Waals surface area contributed by atoms with E-state index in [2.05, 4.69) is 39.6 Å². The van der Waals surface area contributed by atoms with Crippen LogP contribution >= 0.6 is 0 Å². The second-order valence-corrected chi connectivity index (χ2v) is 11.1. The van der Waals surface area contributed by atoms with Crippen LogP contribution in [0.4, 0.5) is 21.5 Å². The number of anilines is 2. The minimum Gasteiger partial charge on any atom is -0.436 e. The van der Waals surface area contributed by atoms with Gasteiger partial charge < -0.3 is 19.9 Å². The third-order valence-electron chi connectivity index (χ3n) is 7.84. The highest BCUT2D eigenvalue weighted by Gasteiger charge is 2.18. The Kier molecular flexibility index (Phi) is 8.49. The van der Waals surface area contributed by atoms with Crippen molar-refractivity contribution < 1.29 is 18.1 Å². The number of rotatable bonds is 7. The van der Waals surface area contributed by atoms with Gasteiger partial charge in [0.1, 0.15) is 11.0 Å². The molecule has 0 saturated heterocycles. The second kappa shape index (κ2) is 13.5. The lowest BCUT2D eigenvalue weighted by Gasteiger charge is -2.22. The first-order valence-corrected chi connectivity index (χ1v) is 15.3. The van der Waals surface area contributed by atoms with Gasteiger partial charge in [-0.25, -0.2) is 9.97 Å². The summed E-state index contributed by atoms with van der Waals surface area (Å²) in [6, 6.07) is 45.0. The summed E-state index contributed by atoms with van der Waals surface area (Å²) < 4.78 is 24.6. The van der Waals surface area contributed by atoms with Gasteiger partial charge in [0.05, 0.1) is 22.3 Å². The molecule has 3 N–H and O–H groups in total. The molecule has 8 aromatic rings. The molecule has 0 radical (unpaired) electrons. The van der Waals surface area contributed by atoms with Gasteiger partial charge in [-0.1, -0.05) is 84.9 Å². The highest BCUT2D eigenvalue weighted by molar-refractivity contribution is 5.79. The number of hydrogen-bond acceptors (Lipinski definition) is 8. The van der Waals surface area contributed by atoms with Crippen molar-refractivity contribution in [3.8, 4) is 22.9 Å². The lowest BCUT2D eigenvalue weighted by molar-refractivity contribution is -0.387. The Bertz CT molecular complexity index is 2290. The molecule has 0 aliphatic heterocycles. The lowest BCUT2D eigenvalue weighted by atomic mass is 9.98. The molecule has 0 amide bonds. The van der Waals surface area contributed by atoms with Gasteiger partial charge in [-0.2, -0.15) is 4.39 Å². The number of halogens is 1. The average molecular weight is 650 g/mol. The monoisotopic (exact) mass is 649 g/mol. The van der Waals surface area contributed by atoms with Gasteiger partial charge in [-0.15, -0.1) is 0 Å². The first-order chi connectivity index (χ1) is 23.9. The standard InChI is InChI=1S/C26H21N3O.C13H7FN2O3/c27-21-17-20(26-29-23-13-7-8-14-24(23)30-26)15-16-22(21)28-25(18-9-3-1-4-10-18)19-11-5-2-6-12-19;14-9-6-5-8(7-11(9)16(17)18)13-15-10-3-1-2-4-12(10)19-13/h1-17,25,28H,27H2;1-7H. The summed E-state index contributed by atoms with van der Waals surface area (Å²) >= 11 is 0. The molecular weight excluding hydrogens is 621 g/mol. The van der Waals surface area contributed by atoms with Gasteiger partial charge >= 0.3 is 5.69 Å².